The zero-order valence-electron chi connectivity index (χ0n) is 19.1. The van der Waals surface area contributed by atoms with E-state index in [-0.39, 0.29) is 36.9 Å². The lowest BCUT2D eigenvalue weighted by Gasteiger charge is -2.19. The number of amides is 3. The second-order valence-electron chi connectivity index (χ2n) is 7.74. The van der Waals surface area contributed by atoms with E-state index in [9.17, 15) is 32.8 Å². The minimum absolute atomic E-state index is 0.00514. The molecule has 0 aliphatic carbocycles. The van der Waals surface area contributed by atoms with E-state index >= 15 is 0 Å². The van der Waals surface area contributed by atoms with E-state index in [4.69, 9.17) is 9.15 Å². The Hall–Kier alpha value is -3.54. The van der Waals surface area contributed by atoms with Crippen molar-refractivity contribution in [2.24, 2.45) is 5.92 Å². The Kier molecular flexibility index (Phi) is 10.6. The molecule has 3 amide bonds. The highest BCUT2D eigenvalue weighted by atomic mass is 19.4. The summed E-state index contributed by atoms with van der Waals surface area (Å²) in [6.07, 6.45) is -1.21. The van der Waals surface area contributed by atoms with Crippen molar-refractivity contribution >= 4 is 18.2 Å². The number of carbonyl (C=O) groups excluding carboxylic acids is 3. The normalized spacial score (nSPS) is 12.0. The average molecular weight is 499 g/mol. The second-order valence-corrected chi connectivity index (χ2v) is 7.74. The SMILES string of the molecule is CCCCCC(CN(O)C=O)C(=O)NCNC(=O)c1ccc(-c2cccc(OCC(F)(F)F)c2)o1. The smallest absolute Gasteiger partial charge is 0.422 e. The molecule has 0 aliphatic rings. The lowest BCUT2D eigenvalue weighted by atomic mass is 10.0. The van der Waals surface area contributed by atoms with Crippen LogP contribution in [-0.4, -0.2) is 54.5 Å². The maximum absolute atomic E-state index is 12.4. The second kappa shape index (κ2) is 13.4. The fourth-order valence-corrected chi connectivity index (χ4v) is 3.18. The summed E-state index contributed by atoms with van der Waals surface area (Å²) in [5.41, 5.74) is 0.413. The van der Waals surface area contributed by atoms with Crippen molar-refractivity contribution in [3.63, 3.8) is 0 Å². The number of unbranched alkanes of at least 4 members (excludes halogenated alkanes) is 2. The van der Waals surface area contributed by atoms with Gasteiger partial charge in [-0.25, -0.2) is 5.06 Å². The van der Waals surface area contributed by atoms with Gasteiger partial charge in [0.15, 0.2) is 12.4 Å². The Morgan fingerprint density at radius 3 is 2.66 bits per heavy atom. The molecule has 1 heterocycles. The molecule has 3 N–H and O–H groups in total. The minimum atomic E-state index is -4.47. The summed E-state index contributed by atoms with van der Waals surface area (Å²) >= 11 is 0. The Morgan fingerprint density at radius 1 is 1.20 bits per heavy atom. The molecule has 192 valence electrons. The molecule has 2 aromatic rings. The van der Waals surface area contributed by atoms with Crippen LogP contribution in [0.1, 0.15) is 43.2 Å². The van der Waals surface area contributed by atoms with Gasteiger partial charge < -0.3 is 19.8 Å². The van der Waals surface area contributed by atoms with Crippen molar-refractivity contribution in [1.29, 1.82) is 0 Å². The van der Waals surface area contributed by atoms with Gasteiger partial charge in [0.25, 0.3) is 5.91 Å². The van der Waals surface area contributed by atoms with E-state index in [2.05, 4.69) is 10.6 Å². The van der Waals surface area contributed by atoms with E-state index in [1.165, 1.54) is 30.3 Å². The van der Waals surface area contributed by atoms with Crippen molar-refractivity contribution in [3.8, 4) is 17.1 Å². The van der Waals surface area contributed by atoms with Crippen LogP contribution in [0.2, 0.25) is 0 Å². The first-order valence-electron chi connectivity index (χ1n) is 11.0. The third-order valence-electron chi connectivity index (χ3n) is 4.92. The van der Waals surface area contributed by atoms with E-state index in [0.29, 0.717) is 17.0 Å². The van der Waals surface area contributed by atoms with Gasteiger partial charge in [-0.3, -0.25) is 19.6 Å². The lowest BCUT2D eigenvalue weighted by molar-refractivity contribution is -0.155. The number of hydrogen-bond acceptors (Lipinski definition) is 6. The van der Waals surface area contributed by atoms with Crippen LogP contribution in [-0.2, 0) is 9.59 Å². The minimum Gasteiger partial charge on any atom is -0.484 e. The van der Waals surface area contributed by atoms with Crippen LogP contribution in [0.4, 0.5) is 13.2 Å². The van der Waals surface area contributed by atoms with E-state index < -0.39 is 30.5 Å². The molecule has 1 aromatic carbocycles. The lowest BCUT2D eigenvalue weighted by Crippen LogP contribution is -2.42. The van der Waals surface area contributed by atoms with E-state index in [1.54, 1.807) is 6.07 Å². The largest absolute Gasteiger partial charge is 0.484 e. The number of alkyl halides is 3. The molecule has 1 unspecified atom stereocenters. The number of benzene rings is 1. The molecule has 1 atom stereocenters. The summed E-state index contributed by atoms with van der Waals surface area (Å²) in [5, 5.41) is 14.8. The molecule has 35 heavy (non-hydrogen) atoms. The standard InChI is InChI=1S/C23H28F3N3O6/c1-2-3-4-6-17(12-29(33)15-30)21(31)27-14-28-22(32)20-10-9-19(35-20)16-7-5-8-18(11-16)34-13-23(24,25)26/h5,7-11,15,17,33H,2-4,6,12-14H2,1H3,(H,27,31)(H,28,32). The van der Waals surface area contributed by atoms with Gasteiger partial charge in [0.05, 0.1) is 19.1 Å². The Labute approximate surface area is 200 Å². The summed E-state index contributed by atoms with van der Waals surface area (Å²) in [6, 6.07) is 8.67. The van der Waals surface area contributed by atoms with Gasteiger partial charge in [0.1, 0.15) is 11.5 Å². The summed E-state index contributed by atoms with van der Waals surface area (Å²) in [6.45, 7) is 0.192. The first-order valence-corrected chi connectivity index (χ1v) is 11.0. The van der Waals surface area contributed by atoms with Crippen LogP contribution < -0.4 is 15.4 Å². The van der Waals surface area contributed by atoms with Gasteiger partial charge in [-0.1, -0.05) is 38.3 Å². The molecule has 0 saturated heterocycles. The zero-order chi connectivity index (χ0) is 25.8. The highest BCUT2D eigenvalue weighted by Crippen LogP contribution is 2.27. The first-order chi connectivity index (χ1) is 16.6. The summed E-state index contributed by atoms with van der Waals surface area (Å²) in [7, 11) is 0. The Morgan fingerprint density at radius 2 is 1.97 bits per heavy atom. The molecule has 2 rings (SSSR count). The first kappa shape index (κ1) is 27.7. The van der Waals surface area contributed by atoms with Crippen LogP contribution in [0, 0.1) is 5.92 Å². The van der Waals surface area contributed by atoms with Crippen LogP contribution in [0.5, 0.6) is 5.75 Å². The molecular formula is C23H28F3N3O6. The van der Waals surface area contributed by atoms with Crippen molar-refractivity contribution in [3.05, 3.63) is 42.2 Å². The van der Waals surface area contributed by atoms with Crippen LogP contribution in [0.3, 0.4) is 0 Å². The molecular weight excluding hydrogens is 471 g/mol. The predicted molar refractivity (Wildman–Crippen MR) is 118 cm³/mol. The number of furan rings is 1. The van der Waals surface area contributed by atoms with Gasteiger partial charge in [-0.2, -0.15) is 13.2 Å². The van der Waals surface area contributed by atoms with E-state index in [1.807, 2.05) is 6.92 Å². The molecule has 9 nitrogen and oxygen atoms in total. The number of ether oxygens (including phenoxy) is 1. The monoisotopic (exact) mass is 499 g/mol. The van der Waals surface area contributed by atoms with Gasteiger partial charge in [-0.05, 0) is 30.7 Å². The number of rotatable bonds is 14. The van der Waals surface area contributed by atoms with Crippen molar-refractivity contribution in [2.45, 2.75) is 38.8 Å². The maximum atomic E-state index is 12.4. The molecule has 12 heteroatoms. The quantitative estimate of drug-likeness (QED) is 0.120. The topological polar surface area (TPSA) is 121 Å². The maximum Gasteiger partial charge on any atom is 0.422 e. The summed E-state index contributed by atoms with van der Waals surface area (Å²) in [5.74, 6) is -1.54. The molecule has 1 aromatic heterocycles. The number of nitrogens with one attached hydrogen (secondary N) is 2. The number of hydrogen-bond donors (Lipinski definition) is 3. The number of halogens is 3. The summed E-state index contributed by atoms with van der Waals surface area (Å²) < 4.78 is 47.3. The zero-order valence-corrected chi connectivity index (χ0v) is 19.1. The third-order valence-corrected chi connectivity index (χ3v) is 4.92. The van der Waals surface area contributed by atoms with Gasteiger partial charge >= 0.3 is 6.18 Å². The van der Waals surface area contributed by atoms with Crippen molar-refractivity contribution in [2.75, 3.05) is 19.8 Å². The van der Waals surface area contributed by atoms with Crippen LogP contribution >= 0.6 is 0 Å². The highest BCUT2D eigenvalue weighted by molar-refractivity contribution is 5.92. The van der Waals surface area contributed by atoms with Crippen LogP contribution in [0.15, 0.2) is 40.8 Å². The third kappa shape index (κ3) is 9.69. The predicted octanol–water partition coefficient (Wildman–Crippen LogP) is 3.74. The van der Waals surface area contributed by atoms with Gasteiger partial charge in [0, 0.05) is 5.56 Å². The molecule has 0 fully saturated rings. The Balaban J connectivity index is 1.91. The highest BCUT2D eigenvalue weighted by Gasteiger charge is 2.28. The number of hydroxylamine groups is 2. The fraction of sp³-hybridized carbons (Fsp3) is 0.435. The Bertz CT molecular complexity index is 979. The van der Waals surface area contributed by atoms with Crippen molar-refractivity contribution in [1.82, 2.24) is 15.7 Å². The molecule has 0 saturated carbocycles. The van der Waals surface area contributed by atoms with Gasteiger partial charge in [-0.15, -0.1) is 0 Å². The average Bonchev–Trinajstić information content (AvgIpc) is 3.32. The fourth-order valence-electron chi connectivity index (χ4n) is 3.18. The molecule has 0 bridgehead atoms. The summed E-state index contributed by atoms with van der Waals surface area (Å²) in [4.78, 5) is 35.4. The number of carbonyl (C=O) groups is 3. The molecule has 0 spiro atoms. The number of nitrogens with zero attached hydrogens (tertiary/aromatic N) is 1. The van der Waals surface area contributed by atoms with E-state index in [0.717, 1.165) is 19.3 Å². The van der Waals surface area contributed by atoms with Gasteiger partial charge in [0.2, 0.25) is 12.3 Å². The molecule has 0 radical (unpaired) electrons. The van der Waals surface area contributed by atoms with Crippen LogP contribution in [0.25, 0.3) is 11.3 Å². The van der Waals surface area contributed by atoms with Crippen molar-refractivity contribution < 1.29 is 41.9 Å². The molecule has 0 aliphatic heterocycles.